The third-order valence-electron chi connectivity index (χ3n) is 3.02. The summed E-state index contributed by atoms with van der Waals surface area (Å²) in [5.74, 6) is 0.562. The second kappa shape index (κ2) is 7.00. The first-order chi connectivity index (χ1) is 9.46. The third-order valence-corrected chi connectivity index (χ3v) is 3.54. The summed E-state index contributed by atoms with van der Waals surface area (Å²) in [6.45, 7) is 7.09. The van der Waals surface area contributed by atoms with E-state index >= 15 is 0 Å². The van der Waals surface area contributed by atoms with E-state index in [1.807, 2.05) is 20.8 Å². The molecule has 0 aromatic carbocycles. The minimum absolute atomic E-state index is 0.119. The Kier molecular flexibility index (Phi) is 5.57. The first kappa shape index (κ1) is 15.9. The summed E-state index contributed by atoms with van der Waals surface area (Å²) < 4.78 is 18.2. The molecule has 0 N–H and O–H groups in total. The molecule has 6 heteroatoms. The van der Waals surface area contributed by atoms with Gasteiger partial charge in [0.25, 0.3) is 0 Å². The lowest BCUT2D eigenvalue weighted by Gasteiger charge is -2.32. The summed E-state index contributed by atoms with van der Waals surface area (Å²) in [4.78, 5) is 8.57. The standard InChI is InChI=1S/C14H21IN2O3/c1-10-13(16-8-11(15)17-10)19-9-14(2,3)20-12-6-4-5-7-18-12/h8,12H,4-7,9H2,1-3H3. The molecule has 5 nitrogen and oxygen atoms in total. The molecule has 0 aliphatic carbocycles. The Bertz CT molecular complexity index is 448. The summed E-state index contributed by atoms with van der Waals surface area (Å²) >= 11 is 2.13. The van der Waals surface area contributed by atoms with Gasteiger partial charge in [-0.3, -0.25) is 0 Å². The Hall–Kier alpha value is -0.470. The van der Waals surface area contributed by atoms with Crippen molar-refractivity contribution in [2.75, 3.05) is 13.2 Å². The molecule has 1 aromatic rings. The van der Waals surface area contributed by atoms with Crippen molar-refractivity contribution in [2.45, 2.75) is 51.9 Å². The lowest BCUT2D eigenvalue weighted by Crippen LogP contribution is -2.39. The van der Waals surface area contributed by atoms with Gasteiger partial charge in [-0.25, -0.2) is 9.97 Å². The van der Waals surface area contributed by atoms with Crippen LogP contribution in [-0.4, -0.2) is 35.1 Å². The van der Waals surface area contributed by atoms with Gasteiger partial charge in [-0.15, -0.1) is 0 Å². The Morgan fingerprint density at radius 3 is 2.90 bits per heavy atom. The lowest BCUT2D eigenvalue weighted by atomic mass is 10.1. The van der Waals surface area contributed by atoms with E-state index in [0.29, 0.717) is 12.5 Å². The van der Waals surface area contributed by atoms with Gasteiger partial charge in [0.1, 0.15) is 16.0 Å². The van der Waals surface area contributed by atoms with Crippen LogP contribution < -0.4 is 4.74 Å². The monoisotopic (exact) mass is 392 g/mol. The number of hydrogen-bond donors (Lipinski definition) is 0. The Morgan fingerprint density at radius 1 is 1.45 bits per heavy atom. The fourth-order valence-corrected chi connectivity index (χ4v) is 2.52. The topological polar surface area (TPSA) is 53.5 Å². The summed E-state index contributed by atoms with van der Waals surface area (Å²) in [5.41, 5.74) is 0.376. The van der Waals surface area contributed by atoms with E-state index in [1.165, 1.54) is 0 Å². The molecular weight excluding hydrogens is 371 g/mol. The summed E-state index contributed by atoms with van der Waals surface area (Å²) in [5, 5.41) is 0. The highest BCUT2D eigenvalue weighted by molar-refractivity contribution is 14.1. The summed E-state index contributed by atoms with van der Waals surface area (Å²) in [6, 6.07) is 0. The van der Waals surface area contributed by atoms with E-state index in [9.17, 15) is 0 Å². The molecule has 0 saturated carbocycles. The molecule has 2 rings (SSSR count). The molecule has 1 aliphatic heterocycles. The first-order valence-electron chi connectivity index (χ1n) is 6.88. The average molecular weight is 392 g/mol. The van der Waals surface area contributed by atoms with E-state index in [-0.39, 0.29) is 6.29 Å². The molecule has 1 saturated heterocycles. The van der Waals surface area contributed by atoms with Gasteiger partial charge in [0.2, 0.25) is 5.88 Å². The second-order valence-corrected chi connectivity index (χ2v) is 6.65. The van der Waals surface area contributed by atoms with Crippen molar-refractivity contribution in [2.24, 2.45) is 0 Å². The number of halogens is 1. The van der Waals surface area contributed by atoms with Gasteiger partial charge in [0.05, 0.1) is 11.8 Å². The number of hydrogen-bond acceptors (Lipinski definition) is 5. The molecule has 0 spiro atoms. The van der Waals surface area contributed by atoms with Crippen LogP contribution in [0, 0.1) is 10.6 Å². The molecule has 1 aliphatic rings. The summed E-state index contributed by atoms with van der Waals surface area (Å²) in [7, 11) is 0. The first-order valence-corrected chi connectivity index (χ1v) is 7.95. The number of rotatable bonds is 5. The number of aryl methyl sites for hydroxylation is 1. The van der Waals surface area contributed by atoms with Crippen LogP contribution in [0.4, 0.5) is 0 Å². The minimum atomic E-state index is -0.418. The van der Waals surface area contributed by atoms with Crippen LogP contribution >= 0.6 is 22.6 Å². The molecule has 2 heterocycles. The maximum absolute atomic E-state index is 5.97. The molecule has 1 fully saturated rings. The van der Waals surface area contributed by atoms with Crippen LogP contribution in [0.5, 0.6) is 5.88 Å². The van der Waals surface area contributed by atoms with Crippen molar-refractivity contribution in [3.05, 3.63) is 15.6 Å². The molecule has 1 atom stereocenters. The van der Waals surface area contributed by atoms with Crippen molar-refractivity contribution in [3.8, 4) is 5.88 Å². The predicted octanol–water partition coefficient (Wildman–Crippen LogP) is 3.09. The van der Waals surface area contributed by atoms with Crippen LogP contribution in [0.2, 0.25) is 0 Å². The summed E-state index contributed by atoms with van der Waals surface area (Å²) in [6.07, 6.45) is 4.80. The normalized spacial score (nSPS) is 19.9. The number of aromatic nitrogens is 2. The Balaban J connectivity index is 1.87. The fraction of sp³-hybridized carbons (Fsp3) is 0.714. The van der Waals surface area contributed by atoms with E-state index < -0.39 is 5.60 Å². The van der Waals surface area contributed by atoms with Gasteiger partial charge in [-0.05, 0) is 62.6 Å². The molecule has 0 radical (unpaired) electrons. The minimum Gasteiger partial charge on any atom is -0.473 e. The molecule has 1 aromatic heterocycles. The molecule has 1 unspecified atom stereocenters. The van der Waals surface area contributed by atoms with Gasteiger partial charge in [-0.1, -0.05) is 0 Å². The quantitative estimate of drug-likeness (QED) is 0.721. The SMILES string of the molecule is Cc1nc(I)cnc1OCC(C)(C)OC1CCCCO1. The van der Waals surface area contributed by atoms with Crippen LogP contribution in [0.15, 0.2) is 6.20 Å². The van der Waals surface area contributed by atoms with Crippen LogP contribution in [-0.2, 0) is 9.47 Å². The highest BCUT2D eigenvalue weighted by Gasteiger charge is 2.27. The van der Waals surface area contributed by atoms with Crippen LogP contribution in [0.1, 0.15) is 38.8 Å². The van der Waals surface area contributed by atoms with E-state index in [2.05, 4.69) is 32.6 Å². The van der Waals surface area contributed by atoms with E-state index in [4.69, 9.17) is 14.2 Å². The second-order valence-electron chi connectivity index (χ2n) is 5.55. The maximum Gasteiger partial charge on any atom is 0.235 e. The van der Waals surface area contributed by atoms with Gasteiger partial charge in [0.15, 0.2) is 6.29 Å². The van der Waals surface area contributed by atoms with Gasteiger partial charge in [-0.2, -0.15) is 0 Å². The van der Waals surface area contributed by atoms with Crippen LogP contribution in [0.25, 0.3) is 0 Å². The maximum atomic E-state index is 5.97. The Labute approximate surface area is 133 Å². The van der Waals surface area contributed by atoms with Crippen molar-refractivity contribution >= 4 is 22.6 Å². The zero-order valence-corrected chi connectivity index (χ0v) is 14.3. The highest BCUT2D eigenvalue weighted by atomic mass is 127. The zero-order chi connectivity index (χ0) is 14.6. The number of nitrogens with zero attached hydrogens (tertiary/aromatic N) is 2. The van der Waals surface area contributed by atoms with Crippen LogP contribution in [0.3, 0.4) is 0 Å². The average Bonchev–Trinajstić information content (AvgIpc) is 2.38. The smallest absolute Gasteiger partial charge is 0.235 e. The Morgan fingerprint density at radius 2 is 2.25 bits per heavy atom. The predicted molar refractivity (Wildman–Crippen MR) is 83.7 cm³/mol. The van der Waals surface area contributed by atoms with Crippen molar-refractivity contribution in [3.63, 3.8) is 0 Å². The van der Waals surface area contributed by atoms with E-state index in [0.717, 1.165) is 35.3 Å². The molecular formula is C14H21IN2O3. The zero-order valence-electron chi connectivity index (χ0n) is 12.2. The lowest BCUT2D eigenvalue weighted by molar-refractivity contribution is -0.221. The van der Waals surface area contributed by atoms with E-state index in [1.54, 1.807) is 6.20 Å². The van der Waals surface area contributed by atoms with Gasteiger partial charge < -0.3 is 14.2 Å². The molecule has 20 heavy (non-hydrogen) atoms. The fourth-order valence-electron chi connectivity index (χ4n) is 2.02. The highest BCUT2D eigenvalue weighted by Crippen LogP contribution is 2.22. The van der Waals surface area contributed by atoms with Crippen molar-refractivity contribution in [1.29, 1.82) is 0 Å². The van der Waals surface area contributed by atoms with Crippen molar-refractivity contribution < 1.29 is 14.2 Å². The third kappa shape index (κ3) is 4.82. The van der Waals surface area contributed by atoms with Crippen molar-refractivity contribution in [1.82, 2.24) is 9.97 Å². The largest absolute Gasteiger partial charge is 0.473 e. The molecule has 0 bridgehead atoms. The van der Waals surface area contributed by atoms with Gasteiger partial charge >= 0.3 is 0 Å². The number of ether oxygens (including phenoxy) is 3. The molecule has 112 valence electrons. The molecule has 0 amide bonds. The van der Waals surface area contributed by atoms with Gasteiger partial charge in [0, 0.05) is 6.61 Å².